The summed E-state index contributed by atoms with van der Waals surface area (Å²) in [7, 11) is -2.43. The van der Waals surface area contributed by atoms with Gasteiger partial charge in [-0.1, -0.05) is 0 Å². The molecule has 0 N–H and O–H groups in total. The van der Waals surface area contributed by atoms with Crippen LogP contribution < -0.4 is 0 Å². The van der Waals surface area contributed by atoms with Gasteiger partial charge in [0.1, 0.15) is 0 Å². The van der Waals surface area contributed by atoms with Gasteiger partial charge in [-0.15, -0.1) is 0 Å². The Labute approximate surface area is 164 Å². The van der Waals surface area contributed by atoms with Crippen molar-refractivity contribution in [3.05, 3.63) is 29.3 Å². The minimum atomic E-state index is -3.71. The average Bonchev–Trinajstić information content (AvgIpc) is 2.73. The zero-order valence-corrected chi connectivity index (χ0v) is 16.9. The normalized spacial score (nSPS) is 18.8. The minimum Gasteiger partial charge on any atom is -0.465 e. The molecule has 2 heterocycles. The molecule has 28 heavy (non-hydrogen) atoms. The molecule has 0 saturated carbocycles. The second kappa shape index (κ2) is 8.46. The lowest BCUT2D eigenvalue weighted by molar-refractivity contribution is 0.0405. The van der Waals surface area contributed by atoms with Crippen molar-refractivity contribution in [2.75, 3.05) is 59.6 Å². The molecule has 0 atom stereocenters. The molecule has 2 aliphatic rings. The van der Waals surface area contributed by atoms with Crippen LogP contribution in [0.1, 0.15) is 15.9 Å². The monoisotopic (exact) mass is 411 g/mol. The van der Waals surface area contributed by atoms with Crippen LogP contribution in [0.25, 0.3) is 0 Å². The molecule has 0 bridgehead atoms. The van der Waals surface area contributed by atoms with Crippen molar-refractivity contribution in [3.8, 4) is 0 Å². The maximum Gasteiger partial charge on any atom is 0.337 e. The number of urea groups is 1. The maximum absolute atomic E-state index is 13.0. The van der Waals surface area contributed by atoms with Crippen molar-refractivity contribution >= 4 is 22.0 Å². The lowest BCUT2D eigenvalue weighted by atomic mass is 10.1. The van der Waals surface area contributed by atoms with Gasteiger partial charge in [-0.25, -0.2) is 18.0 Å². The number of hydrogen-bond acceptors (Lipinski definition) is 6. The molecule has 2 fully saturated rings. The summed E-state index contributed by atoms with van der Waals surface area (Å²) >= 11 is 0. The highest BCUT2D eigenvalue weighted by atomic mass is 32.2. The third kappa shape index (κ3) is 4.13. The van der Waals surface area contributed by atoms with E-state index in [4.69, 9.17) is 4.74 Å². The minimum absolute atomic E-state index is 0.0704. The Morgan fingerprint density at radius 2 is 1.61 bits per heavy atom. The summed E-state index contributed by atoms with van der Waals surface area (Å²) in [5.74, 6) is -0.512. The molecule has 0 unspecified atom stereocenters. The van der Waals surface area contributed by atoms with Gasteiger partial charge in [-0.2, -0.15) is 4.31 Å². The highest BCUT2D eigenvalue weighted by Gasteiger charge is 2.33. The van der Waals surface area contributed by atoms with Gasteiger partial charge in [0.05, 0.1) is 30.8 Å². The molecule has 0 radical (unpaired) electrons. The van der Waals surface area contributed by atoms with Crippen molar-refractivity contribution in [2.45, 2.75) is 11.8 Å². The molecular formula is C18H25N3O6S. The van der Waals surface area contributed by atoms with Crippen LogP contribution in [0.2, 0.25) is 0 Å². The lowest BCUT2D eigenvalue weighted by Gasteiger charge is -2.38. The summed E-state index contributed by atoms with van der Waals surface area (Å²) < 4.78 is 37.3. The zero-order chi connectivity index (χ0) is 20.3. The van der Waals surface area contributed by atoms with Crippen molar-refractivity contribution in [2.24, 2.45) is 0 Å². The number of piperazine rings is 1. The molecule has 2 saturated heterocycles. The Bertz CT molecular complexity index is 843. The summed E-state index contributed by atoms with van der Waals surface area (Å²) in [4.78, 5) is 27.8. The molecule has 9 nitrogen and oxygen atoms in total. The van der Waals surface area contributed by atoms with Crippen LogP contribution in [0.3, 0.4) is 0 Å². The molecule has 0 aliphatic carbocycles. The number of methoxy groups -OCH3 is 1. The fourth-order valence-electron chi connectivity index (χ4n) is 3.40. The molecule has 1 aromatic rings. The van der Waals surface area contributed by atoms with E-state index in [1.165, 1.54) is 29.6 Å². The van der Waals surface area contributed by atoms with Crippen LogP contribution in [0.5, 0.6) is 0 Å². The van der Waals surface area contributed by atoms with Crippen molar-refractivity contribution < 1.29 is 27.5 Å². The molecular weight excluding hydrogens is 386 g/mol. The van der Waals surface area contributed by atoms with Crippen LogP contribution >= 0.6 is 0 Å². The summed E-state index contributed by atoms with van der Waals surface area (Å²) in [5.41, 5.74) is 0.787. The van der Waals surface area contributed by atoms with E-state index in [9.17, 15) is 18.0 Å². The Hall–Kier alpha value is -2.17. The Balaban J connectivity index is 1.67. The number of morpholine rings is 1. The molecule has 0 aromatic heterocycles. The fraction of sp³-hybridized carbons (Fsp3) is 0.556. The van der Waals surface area contributed by atoms with Gasteiger partial charge in [0.25, 0.3) is 0 Å². The second-order valence-corrected chi connectivity index (χ2v) is 8.65. The zero-order valence-electron chi connectivity index (χ0n) is 16.1. The van der Waals surface area contributed by atoms with E-state index >= 15 is 0 Å². The predicted octanol–water partition coefficient (Wildman–Crippen LogP) is 0.540. The molecule has 2 amide bonds. The highest BCUT2D eigenvalue weighted by molar-refractivity contribution is 7.89. The summed E-state index contributed by atoms with van der Waals surface area (Å²) in [5, 5.41) is 0. The summed E-state index contributed by atoms with van der Waals surface area (Å²) in [6, 6.07) is 4.32. The average molecular weight is 411 g/mol. The summed E-state index contributed by atoms with van der Waals surface area (Å²) in [6.07, 6.45) is 0. The smallest absolute Gasteiger partial charge is 0.337 e. The largest absolute Gasteiger partial charge is 0.465 e. The van der Waals surface area contributed by atoms with Gasteiger partial charge in [0.2, 0.25) is 10.0 Å². The number of aryl methyl sites for hydroxylation is 1. The van der Waals surface area contributed by atoms with E-state index in [1.54, 1.807) is 16.7 Å². The van der Waals surface area contributed by atoms with E-state index < -0.39 is 16.0 Å². The number of carbonyl (C=O) groups excluding carboxylic acids is 2. The Kier molecular flexibility index (Phi) is 6.21. The predicted molar refractivity (Wildman–Crippen MR) is 101 cm³/mol. The lowest BCUT2D eigenvalue weighted by Crippen LogP contribution is -2.55. The second-order valence-electron chi connectivity index (χ2n) is 6.74. The van der Waals surface area contributed by atoms with Crippen LogP contribution in [-0.4, -0.2) is 94.1 Å². The van der Waals surface area contributed by atoms with E-state index in [2.05, 4.69) is 4.74 Å². The van der Waals surface area contributed by atoms with E-state index in [0.717, 1.165) is 0 Å². The number of rotatable bonds is 3. The molecule has 2 aliphatic heterocycles. The van der Waals surface area contributed by atoms with Gasteiger partial charge in [-0.05, 0) is 30.7 Å². The first-order valence-electron chi connectivity index (χ1n) is 9.15. The maximum atomic E-state index is 13.0. The third-order valence-electron chi connectivity index (χ3n) is 5.00. The quantitative estimate of drug-likeness (QED) is 0.674. The van der Waals surface area contributed by atoms with Gasteiger partial charge < -0.3 is 19.3 Å². The topological polar surface area (TPSA) is 96.5 Å². The SMILES string of the molecule is COC(=O)c1ccc(S(=O)(=O)N2CCN(C(=O)N3CCOCC3)CC2)c(C)c1. The van der Waals surface area contributed by atoms with Crippen molar-refractivity contribution in [1.29, 1.82) is 0 Å². The fourth-order valence-corrected chi connectivity index (χ4v) is 5.03. The number of hydrogen-bond donors (Lipinski definition) is 0. The van der Waals surface area contributed by atoms with E-state index in [-0.39, 0.29) is 24.0 Å². The number of benzene rings is 1. The van der Waals surface area contributed by atoms with E-state index in [0.29, 0.717) is 50.5 Å². The standard InChI is InChI=1S/C18H25N3O6S/c1-14-13-15(17(22)26-2)3-4-16(14)28(24,25)21-7-5-19(6-8-21)18(23)20-9-11-27-12-10-20/h3-4,13H,5-12H2,1-2H3. The van der Waals surface area contributed by atoms with E-state index in [1.807, 2.05) is 0 Å². The van der Waals surface area contributed by atoms with Crippen LogP contribution in [-0.2, 0) is 19.5 Å². The first-order chi connectivity index (χ1) is 13.3. The third-order valence-corrected chi connectivity index (χ3v) is 7.06. The van der Waals surface area contributed by atoms with Crippen LogP contribution in [0.15, 0.2) is 23.1 Å². The van der Waals surface area contributed by atoms with Gasteiger partial charge in [-0.3, -0.25) is 0 Å². The molecule has 3 rings (SSSR count). The summed E-state index contributed by atoms with van der Waals surface area (Å²) in [6.45, 7) is 4.97. The number of nitrogens with zero attached hydrogens (tertiary/aromatic N) is 3. The Morgan fingerprint density at radius 3 is 2.18 bits per heavy atom. The molecule has 1 aromatic carbocycles. The number of esters is 1. The van der Waals surface area contributed by atoms with Gasteiger partial charge >= 0.3 is 12.0 Å². The number of amides is 2. The molecule has 154 valence electrons. The van der Waals surface area contributed by atoms with Crippen LogP contribution in [0.4, 0.5) is 4.79 Å². The number of carbonyl (C=O) groups is 2. The van der Waals surface area contributed by atoms with Gasteiger partial charge in [0, 0.05) is 39.3 Å². The molecule has 10 heteroatoms. The van der Waals surface area contributed by atoms with Crippen molar-refractivity contribution in [3.63, 3.8) is 0 Å². The van der Waals surface area contributed by atoms with Crippen LogP contribution in [0, 0.1) is 6.92 Å². The number of ether oxygens (including phenoxy) is 2. The van der Waals surface area contributed by atoms with Crippen molar-refractivity contribution in [1.82, 2.24) is 14.1 Å². The first-order valence-corrected chi connectivity index (χ1v) is 10.6. The Morgan fingerprint density at radius 1 is 1.00 bits per heavy atom. The number of sulfonamides is 1. The molecule has 0 spiro atoms. The first kappa shape index (κ1) is 20.6. The highest BCUT2D eigenvalue weighted by Crippen LogP contribution is 2.23. The van der Waals surface area contributed by atoms with Gasteiger partial charge in [0.15, 0.2) is 0 Å².